The molecule has 0 aliphatic carbocycles. The van der Waals surface area contributed by atoms with Crippen molar-refractivity contribution in [2.24, 2.45) is 5.92 Å². The summed E-state index contributed by atoms with van der Waals surface area (Å²) in [5, 5.41) is 20.9. The van der Waals surface area contributed by atoms with Crippen molar-refractivity contribution >= 4 is 22.2 Å². The van der Waals surface area contributed by atoms with Crippen molar-refractivity contribution in [1.82, 2.24) is 4.90 Å². The van der Waals surface area contributed by atoms with Crippen molar-refractivity contribution in [2.45, 2.75) is 18.9 Å². The lowest BCUT2D eigenvalue weighted by atomic mass is 10.1. The number of likely N-dealkylation sites (tertiary alicyclic amines) is 1. The first kappa shape index (κ1) is 13.6. The molecule has 0 aromatic carbocycles. The molecule has 3 heterocycles. The van der Waals surface area contributed by atoms with Crippen LogP contribution in [-0.2, 0) is 4.79 Å². The number of aliphatic hydroxyl groups excluding tert-OH is 1. The number of carbonyl (C=O) groups is 1. The molecule has 2 atom stereocenters. The molecule has 0 saturated carbocycles. The summed E-state index contributed by atoms with van der Waals surface area (Å²) in [4.78, 5) is 16.5. The zero-order chi connectivity index (χ0) is 14.1. The van der Waals surface area contributed by atoms with Gasteiger partial charge in [-0.15, -0.1) is 11.3 Å². The average Bonchev–Trinajstić information content (AvgIpc) is 3.16. The van der Waals surface area contributed by atoms with Crippen molar-refractivity contribution in [3.05, 3.63) is 17.0 Å². The van der Waals surface area contributed by atoms with Crippen LogP contribution in [-0.4, -0.2) is 48.2 Å². The Bertz CT molecular complexity index is 551. The second-order valence-corrected chi connectivity index (χ2v) is 6.27. The zero-order valence-corrected chi connectivity index (χ0v) is 12.0. The van der Waals surface area contributed by atoms with Gasteiger partial charge in [0.1, 0.15) is 11.1 Å². The van der Waals surface area contributed by atoms with Gasteiger partial charge in [-0.3, -0.25) is 9.69 Å². The Morgan fingerprint density at radius 1 is 1.45 bits per heavy atom. The minimum absolute atomic E-state index is 0.0832. The van der Waals surface area contributed by atoms with E-state index >= 15 is 0 Å². The summed E-state index contributed by atoms with van der Waals surface area (Å²) in [6.07, 6.45) is 1.77. The molecule has 1 amide bonds. The molecule has 3 rings (SSSR count). The van der Waals surface area contributed by atoms with Crippen LogP contribution in [0.4, 0.5) is 5.00 Å². The Kier molecular flexibility index (Phi) is 3.74. The Balaban J connectivity index is 1.73. The Hall–Kier alpha value is -1.42. The van der Waals surface area contributed by atoms with E-state index < -0.39 is 0 Å². The van der Waals surface area contributed by atoms with Crippen molar-refractivity contribution in [3.63, 3.8) is 0 Å². The maximum absolute atomic E-state index is 12.6. The van der Waals surface area contributed by atoms with E-state index in [9.17, 15) is 9.90 Å². The van der Waals surface area contributed by atoms with E-state index in [1.165, 1.54) is 11.3 Å². The molecule has 1 aromatic rings. The molecular weight excluding hydrogens is 274 g/mol. The van der Waals surface area contributed by atoms with Crippen molar-refractivity contribution in [1.29, 1.82) is 5.26 Å². The lowest BCUT2D eigenvalue weighted by Gasteiger charge is -2.22. The maximum Gasteiger partial charge on any atom is 0.245 e. The number of nitriles is 1. The predicted octanol–water partition coefficient (Wildman–Crippen LogP) is 1.04. The van der Waals surface area contributed by atoms with Gasteiger partial charge >= 0.3 is 0 Å². The highest BCUT2D eigenvalue weighted by atomic mass is 32.1. The number of thiophene rings is 1. The highest BCUT2D eigenvalue weighted by Crippen LogP contribution is 2.33. The van der Waals surface area contributed by atoms with E-state index in [-0.39, 0.29) is 18.6 Å². The normalized spacial score (nSPS) is 27.2. The summed E-state index contributed by atoms with van der Waals surface area (Å²) in [5.74, 6) is 0.399. The van der Waals surface area contributed by atoms with E-state index in [0.29, 0.717) is 18.0 Å². The summed E-state index contributed by atoms with van der Waals surface area (Å²) in [6, 6.07) is 3.82. The summed E-state index contributed by atoms with van der Waals surface area (Å²) in [7, 11) is 0. The zero-order valence-electron chi connectivity index (χ0n) is 11.2. The molecule has 2 aliphatic rings. The molecule has 106 valence electrons. The number of nitrogens with zero attached hydrogens (tertiary/aromatic N) is 3. The summed E-state index contributed by atoms with van der Waals surface area (Å²) in [5.41, 5.74) is 0.582. The second-order valence-electron chi connectivity index (χ2n) is 5.38. The van der Waals surface area contributed by atoms with E-state index in [4.69, 9.17) is 5.26 Å². The Morgan fingerprint density at radius 3 is 3.00 bits per heavy atom. The molecule has 0 spiro atoms. The first-order chi connectivity index (χ1) is 9.74. The molecule has 0 radical (unpaired) electrons. The number of rotatable bonds is 3. The maximum atomic E-state index is 12.6. The van der Waals surface area contributed by atoms with Crippen LogP contribution >= 0.6 is 11.3 Å². The summed E-state index contributed by atoms with van der Waals surface area (Å²) in [6.45, 7) is 2.56. The molecule has 20 heavy (non-hydrogen) atoms. The number of carbonyl (C=O) groups excluding carboxylic acids is 1. The molecule has 0 bridgehead atoms. The van der Waals surface area contributed by atoms with Gasteiger partial charge in [0.15, 0.2) is 0 Å². The largest absolute Gasteiger partial charge is 0.396 e. The molecule has 2 saturated heterocycles. The van der Waals surface area contributed by atoms with Crippen molar-refractivity contribution in [3.8, 4) is 6.07 Å². The summed E-state index contributed by atoms with van der Waals surface area (Å²) >= 11 is 1.45. The van der Waals surface area contributed by atoms with Crippen LogP contribution in [0, 0.1) is 17.2 Å². The van der Waals surface area contributed by atoms with Crippen LogP contribution in [0.25, 0.3) is 0 Å². The molecular formula is C14H17N3O2S. The van der Waals surface area contributed by atoms with Gasteiger partial charge in [-0.1, -0.05) is 0 Å². The Morgan fingerprint density at radius 2 is 2.30 bits per heavy atom. The quantitative estimate of drug-likeness (QED) is 0.903. The third-order valence-electron chi connectivity index (χ3n) is 4.20. The SMILES string of the molecule is N#Cc1ccsc1N1CC[C@@H](N2CC[C@H](CO)C2)C1=O. The third-order valence-corrected chi connectivity index (χ3v) is 5.14. The van der Waals surface area contributed by atoms with Gasteiger partial charge in [-0.05, 0) is 36.8 Å². The average molecular weight is 291 g/mol. The molecule has 6 heteroatoms. The topological polar surface area (TPSA) is 67.6 Å². The number of anilines is 1. The molecule has 1 N–H and O–H groups in total. The monoisotopic (exact) mass is 291 g/mol. The number of amides is 1. The van der Waals surface area contributed by atoms with Crippen LogP contribution in [0.5, 0.6) is 0 Å². The minimum Gasteiger partial charge on any atom is -0.396 e. The van der Waals surface area contributed by atoms with Crippen molar-refractivity contribution < 1.29 is 9.90 Å². The molecule has 1 aromatic heterocycles. The fourth-order valence-corrected chi connectivity index (χ4v) is 3.98. The smallest absolute Gasteiger partial charge is 0.245 e. The van der Waals surface area contributed by atoms with E-state index in [1.807, 2.05) is 5.38 Å². The van der Waals surface area contributed by atoms with Crippen LogP contribution in [0.15, 0.2) is 11.4 Å². The van der Waals surface area contributed by atoms with Crippen LogP contribution in [0.3, 0.4) is 0 Å². The third kappa shape index (κ3) is 2.22. The van der Waals surface area contributed by atoms with Crippen LogP contribution in [0.2, 0.25) is 0 Å². The summed E-state index contributed by atoms with van der Waals surface area (Å²) < 4.78 is 0. The standard InChI is InChI=1S/C14H17N3O2S/c15-7-11-3-6-20-14(11)17-5-2-12(13(17)19)16-4-1-10(8-16)9-18/h3,6,10,12,18H,1-2,4-5,8-9H2/t10-,12+/m0/s1. The molecule has 2 aliphatic heterocycles. The van der Waals surface area contributed by atoms with Gasteiger partial charge in [0.2, 0.25) is 5.91 Å². The Labute approximate surface area is 122 Å². The lowest BCUT2D eigenvalue weighted by molar-refractivity contribution is -0.121. The van der Waals surface area contributed by atoms with E-state index in [1.54, 1.807) is 11.0 Å². The molecule has 2 fully saturated rings. The van der Waals surface area contributed by atoms with Gasteiger partial charge in [0, 0.05) is 19.7 Å². The fourth-order valence-electron chi connectivity index (χ4n) is 3.10. The van der Waals surface area contributed by atoms with Gasteiger partial charge in [-0.2, -0.15) is 5.26 Å². The van der Waals surface area contributed by atoms with Gasteiger partial charge in [-0.25, -0.2) is 0 Å². The van der Waals surface area contributed by atoms with E-state index in [0.717, 1.165) is 30.9 Å². The first-order valence-electron chi connectivity index (χ1n) is 6.88. The van der Waals surface area contributed by atoms with Gasteiger partial charge in [0.25, 0.3) is 0 Å². The van der Waals surface area contributed by atoms with Gasteiger partial charge < -0.3 is 10.0 Å². The number of hydrogen-bond donors (Lipinski definition) is 1. The van der Waals surface area contributed by atoms with Crippen molar-refractivity contribution in [2.75, 3.05) is 31.1 Å². The first-order valence-corrected chi connectivity index (χ1v) is 7.76. The van der Waals surface area contributed by atoms with Crippen LogP contribution in [0.1, 0.15) is 18.4 Å². The van der Waals surface area contributed by atoms with Crippen LogP contribution < -0.4 is 4.90 Å². The second kappa shape index (κ2) is 5.52. The predicted molar refractivity (Wildman–Crippen MR) is 76.6 cm³/mol. The number of aliphatic hydroxyl groups is 1. The molecule has 0 unspecified atom stereocenters. The lowest BCUT2D eigenvalue weighted by Crippen LogP contribution is -2.40. The fraction of sp³-hybridized carbons (Fsp3) is 0.571. The number of hydrogen-bond acceptors (Lipinski definition) is 5. The van der Waals surface area contributed by atoms with Gasteiger partial charge in [0.05, 0.1) is 11.6 Å². The van der Waals surface area contributed by atoms with E-state index in [2.05, 4.69) is 11.0 Å². The molecule has 5 nitrogen and oxygen atoms in total. The highest BCUT2D eigenvalue weighted by Gasteiger charge is 2.40. The minimum atomic E-state index is -0.0832. The highest BCUT2D eigenvalue weighted by molar-refractivity contribution is 7.14.